The van der Waals surface area contributed by atoms with Crippen molar-refractivity contribution < 1.29 is 0 Å². The summed E-state index contributed by atoms with van der Waals surface area (Å²) in [7, 11) is 6.02. The van der Waals surface area contributed by atoms with E-state index in [1.807, 2.05) is 0 Å². The van der Waals surface area contributed by atoms with E-state index in [1.165, 1.54) is 12.8 Å². The summed E-state index contributed by atoms with van der Waals surface area (Å²) in [5.41, 5.74) is 0.606. The van der Waals surface area contributed by atoms with Gasteiger partial charge in [-0.25, -0.2) is 0 Å². The van der Waals surface area contributed by atoms with Crippen LogP contribution in [0.15, 0.2) is 0 Å². The molecule has 0 nitrogen and oxygen atoms in total. The molecular weight excluding hydrogens is 131 g/mol. The van der Waals surface area contributed by atoms with Gasteiger partial charge in [0.05, 0.1) is 7.85 Å². The maximum absolute atomic E-state index is 6.02. The molecule has 11 heavy (non-hydrogen) atoms. The van der Waals surface area contributed by atoms with Gasteiger partial charge in [-0.05, 0) is 29.6 Å². The summed E-state index contributed by atoms with van der Waals surface area (Å²) in [6, 6.07) is 0. The van der Waals surface area contributed by atoms with Crippen LogP contribution in [0.1, 0.15) is 33.6 Å². The van der Waals surface area contributed by atoms with Crippen molar-refractivity contribution in [2.24, 2.45) is 23.2 Å². The summed E-state index contributed by atoms with van der Waals surface area (Å²) in [6.07, 6.45) is 2.71. The molecule has 3 saturated carbocycles. The topological polar surface area (TPSA) is 0 Å². The monoisotopic (exact) mass is 148 g/mol. The maximum atomic E-state index is 6.02. The van der Waals surface area contributed by atoms with Gasteiger partial charge in [0.15, 0.2) is 0 Å². The van der Waals surface area contributed by atoms with Crippen LogP contribution in [0.2, 0.25) is 5.82 Å². The van der Waals surface area contributed by atoms with Crippen LogP contribution >= 0.6 is 0 Å². The minimum absolute atomic E-state index is 0.492. The first-order chi connectivity index (χ1) is 5.03. The van der Waals surface area contributed by atoms with E-state index in [4.69, 9.17) is 7.85 Å². The molecule has 0 saturated heterocycles. The summed E-state index contributed by atoms with van der Waals surface area (Å²) in [6.45, 7) is 7.15. The van der Waals surface area contributed by atoms with Crippen molar-refractivity contribution in [3.05, 3.63) is 0 Å². The van der Waals surface area contributed by atoms with Gasteiger partial charge in [-0.2, -0.15) is 0 Å². The van der Waals surface area contributed by atoms with Gasteiger partial charge in [0.2, 0.25) is 0 Å². The van der Waals surface area contributed by atoms with Crippen molar-refractivity contribution in [3.63, 3.8) is 0 Å². The van der Waals surface area contributed by atoms with Crippen LogP contribution in [-0.4, -0.2) is 7.85 Å². The van der Waals surface area contributed by atoms with Crippen molar-refractivity contribution in [2.75, 3.05) is 0 Å². The third kappa shape index (κ3) is 0.831. The fraction of sp³-hybridized carbons (Fsp3) is 1.00. The first kappa shape index (κ1) is 7.70. The first-order valence-corrected chi connectivity index (χ1v) is 4.79. The third-order valence-corrected chi connectivity index (χ3v) is 4.41. The van der Waals surface area contributed by atoms with Gasteiger partial charge in [0.25, 0.3) is 0 Å². The minimum atomic E-state index is 0.492. The van der Waals surface area contributed by atoms with E-state index in [0.717, 1.165) is 17.8 Å². The van der Waals surface area contributed by atoms with Gasteiger partial charge >= 0.3 is 0 Å². The predicted octanol–water partition coefficient (Wildman–Crippen LogP) is 2.65. The molecule has 0 aromatic heterocycles. The average Bonchev–Trinajstić information content (AvgIpc) is 1.93. The standard InChI is InChI=1S/C10H17B/c1-6-8-4-7(5-9(6)11)10(8,2)3/h6-9H,4-5H2,1-3H3/t6-,7+,8-,9?/m1/s1. The van der Waals surface area contributed by atoms with Gasteiger partial charge < -0.3 is 0 Å². The van der Waals surface area contributed by atoms with Crippen LogP contribution in [0.4, 0.5) is 0 Å². The zero-order valence-electron chi connectivity index (χ0n) is 7.80. The van der Waals surface area contributed by atoms with Gasteiger partial charge in [-0.1, -0.05) is 33.0 Å². The molecule has 4 atom stereocenters. The predicted molar refractivity (Wildman–Crippen MR) is 48.7 cm³/mol. The number of rotatable bonds is 0. The fourth-order valence-corrected chi connectivity index (χ4v) is 3.19. The molecule has 0 N–H and O–H groups in total. The largest absolute Gasteiger partial charge is 0.0743 e. The molecule has 60 valence electrons. The molecule has 1 unspecified atom stereocenters. The van der Waals surface area contributed by atoms with Crippen LogP contribution in [0.25, 0.3) is 0 Å². The Kier molecular flexibility index (Phi) is 1.44. The Morgan fingerprint density at radius 1 is 1.27 bits per heavy atom. The summed E-state index contributed by atoms with van der Waals surface area (Å²) >= 11 is 0. The maximum Gasteiger partial charge on any atom is 0.0703 e. The summed E-state index contributed by atoms with van der Waals surface area (Å²) < 4.78 is 0. The fourth-order valence-electron chi connectivity index (χ4n) is 3.19. The molecule has 0 aromatic rings. The highest BCUT2D eigenvalue weighted by molar-refractivity contribution is 6.12. The highest BCUT2D eigenvalue weighted by Gasteiger charge is 2.54. The first-order valence-electron chi connectivity index (χ1n) is 4.79. The molecule has 0 aromatic carbocycles. The lowest BCUT2D eigenvalue weighted by atomic mass is 9.41. The molecule has 0 amide bonds. The number of hydrogen-bond donors (Lipinski definition) is 0. The zero-order chi connectivity index (χ0) is 8.22. The molecule has 0 spiro atoms. The molecule has 3 fully saturated rings. The second-order valence-electron chi connectivity index (χ2n) is 5.12. The molecule has 0 heterocycles. The van der Waals surface area contributed by atoms with Gasteiger partial charge in [-0.3, -0.25) is 0 Å². The lowest BCUT2D eigenvalue weighted by Gasteiger charge is -2.62. The van der Waals surface area contributed by atoms with E-state index in [9.17, 15) is 0 Å². The Balaban J connectivity index is 2.17. The number of fused-ring (bicyclic) bond motifs is 2. The minimum Gasteiger partial charge on any atom is -0.0743 e. The van der Waals surface area contributed by atoms with E-state index in [2.05, 4.69) is 20.8 Å². The zero-order valence-corrected chi connectivity index (χ0v) is 7.80. The highest BCUT2D eigenvalue weighted by Crippen LogP contribution is 2.63. The van der Waals surface area contributed by atoms with Gasteiger partial charge in [0, 0.05) is 0 Å². The summed E-state index contributed by atoms with van der Waals surface area (Å²) in [5.74, 6) is 3.09. The Labute approximate surface area is 71.2 Å². The molecule has 2 bridgehead atoms. The Hall–Kier alpha value is 0.0649. The van der Waals surface area contributed by atoms with Gasteiger partial charge in [-0.15, -0.1) is 0 Å². The Morgan fingerprint density at radius 2 is 1.91 bits per heavy atom. The van der Waals surface area contributed by atoms with E-state index in [-0.39, 0.29) is 0 Å². The van der Waals surface area contributed by atoms with E-state index in [1.54, 1.807) is 0 Å². The van der Waals surface area contributed by atoms with Gasteiger partial charge in [0.1, 0.15) is 0 Å². The summed E-state index contributed by atoms with van der Waals surface area (Å²) in [5, 5.41) is 0. The smallest absolute Gasteiger partial charge is 0.0703 e. The van der Waals surface area contributed by atoms with E-state index < -0.39 is 0 Å². The Morgan fingerprint density at radius 3 is 2.27 bits per heavy atom. The molecule has 3 aliphatic rings. The van der Waals surface area contributed by atoms with Crippen molar-refractivity contribution in [1.29, 1.82) is 0 Å². The average molecular weight is 148 g/mol. The van der Waals surface area contributed by atoms with Crippen molar-refractivity contribution in [2.45, 2.75) is 39.4 Å². The lowest BCUT2D eigenvalue weighted by Crippen LogP contribution is -2.53. The number of hydrogen-bond acceptors (Lipinski definition) is 0. The SMILES string of the molecule is [B]C1C[C@@H]2C[C@H]([C@H]1C)C2(C)C. The van der Waals surface area contributed by atoms with Crippen molar-refractivity contribution >= 4 is 7.85 Å². The molecular formula is C10H17B. The quantitative estimate of drug-likeness (QED) is 0.463. The van der Waals surface area contributed by atoms with E-state index in [0.29, 0.717) is 11.2 Å². The van der Waals surface area contributed by atoms with Crippen LogP contribution in [0.5, 0.6) is 0 Å². The summed E-state index contributed by atoms with van der Waals surface area (Å²) in [4.78, 5) is 0. The molecule has 3 aliphatic carbocycles. The normalized spacial score (nSPS) is 53.4. The van der Waals surface area contributed by atoms with Crippen LogP contribution in [-0.2, 0) is 0 Å². The van der Waals surface area contributed by atoms with Crippen molar-refractivity contribution in [3.8, 4) is 0 Å². The molecule has 3 rings (SSSR count). The second-order valence-corrected chi connectivity index (χ2v) is 5.12. The van der Waals surface area contributed by atoms with E-state index >= 15 is 0 Å². The molecule has 2 radical (unpaired) electrons. The van der Waals surface area contributed by atoms with Crippen molar-refractivity contribution in [1.82, 2.24) is 0 Å². The van der Waals surface area contributed by atoms with Crippen LogP contribution in [0.3, 0.4) is 0 Å². The lowest BCUT2D eigenvalue weighted by molar-refractivity contribution is -0.0979. The third-order valence-electron chi connectivity index (χ3n) is 4.41. The Bertz CT molecular complexity index is 174. The molecule has 0 aliphatic heterocycles. The van der Waals surface area contributed by atoms with Crippen LogP contribution in [0, 0.1) is 23.2 Å². The highest BCUT2D eigenvalue weighted by atomic mass is 14.6. The second kappa shape index (κ2) is 2.05. The molecule has 1 heteroatoms. The van der Waals surface area contributed by atoms with Crippen LogP contribution < -0.4 is 0 Å².